The standard InChI is InChI=1S/C10H22O8/c1-6(14)10(17-5-7(15)2-11)18-9(4-13)8(16)3-12/h6-16H,2-5H2,1H3/t6?,7?,8-,9?,10+/m0/s1. The molecule has 0 spiro atoms. The number of rotatable bonds is 10. The van der Waals surface area contributed by atoms with Crippen LogP contribution in [0.4, 0.5) is 0 Å². The van der Waals surface area contributed by atoms with Gasteiger partial charge in [-0.25, -0.2) is 0 Å². The summed E-state index contributed by atoms with van der Waals surface area (Å²) >= 11 is 0. The first-order chi connectivity index (χ1) is 8.46. The van der Waals surface area contributed by atoms with Gasteiger partial charge >= 0.3 is 0 Å². The first-order valence-corrected chi connectivity index (χ1v) is 5.60. The molecule has 3 unspecified atom stereocenters. The highest BCUT2D eigenvalue weighted by Crippen LogP contribution is 2.09. The van der Waals surface area contributed by atoms with E-state index in [1.54, 1.807) is 0 Å². The largest absolute Gasteiger partial charge is 0.394 e. The smallest absolute Gasteiger partial charge is 0.183 e. The number of aliphatic hydroxyl groups excluding tert-OH is 6. The van der Waals surface area contributed by atoms with Gasteiger partial charge in [-0.05, 0) is 6.92 Å². The zero-order valence-corrected chi connectivity index (χ0v) is 10.2. The van der Waals surface area contributed by atoms with Crippen LogP contribution in [0.5, 0.6) is 0 Å². The molecule has 8 heteroatoms. The maximum atomic E-state index is 9.38. The van der Waals surface area contributed by atoms with Gasteiger partial charge in [0.25, 0.3) is 0 Å². The second kappa shape index (κ2) is 9.59. The van der Waals surface area contributed by atoms with Gasteiger partial charge in [0.15, 0.2) is 6.29 Å². The quantitative estimate of drug-likeness (QED) is 0.228. The molecule has 110 valence electrons. The van der Waals surface area contributed by atoms with Gasteiger partial charge in [0.1, 0.15) is 24.4 Å². The first kappa shape index (κ1) is 17.7. The van der Waals surface area contributed by atoms with E-state index < -0.39 is 50.5 Å². The lowest BCUT2D eigenvalue weighted by atomic mass is 10.2. The Morgan fingerprint density at radius 3 is 1.94 bits per heavy atom. The summed E-state index contributed by atoms with van der Waals surface area (Å²) in [5.41, 5.74) is 0. The van der Waals surface area contributed by atoms with Crippen LogP contribution in [0.3, 0.4) is 0 Å². The molecule has 0 radical (unpaired) electrons. The van der Waals surface area contributed by atoms with Crippen LogP contribution in [0.15, 0.2) is 0 Å². The van der Waals surface area contributed by atoms with Crippen LogP contribution in [0.2, 0.25) is 0 Å². The van der Waals surface area contributed by atoms with Crippen LogP contribution >= 0.6 is 0 Å². The predicted octanol–water partition coefficient (Wildman–Crippen LogP) is -3.21. The molecule has 0 aliphatic carbocycles. The summed E-state index contributed by atoms with van der Waals surface area (Å²) in [5.74, 6) is 0. The molecule has 0 fully saturated rings. The normalized spacial score (nSPS) is 20.2. The number of ether oxygens (including phenoxy) is 2. The highest BCUT2D eigenvalue weighted by atomic mass is 16.7. The van der Waals surface area contributed by atoms with Crippen LogP contribution in [-0.2, 0) is 9.47 Å². The van der Waals surface area contributed by atoms with Gasteiger partial charge in [0.05, 0.1) is 26.4 Å². The van der Waals surface area contributed by atoms with Crippen molar-refractivity contribution in [3.05, 3.63) is 0 Å². The summed E-state index contributed by atoms with van der Waals surface area (Å²) in [7, 11) is 0. The van der Waals surface area contributed by atoms with E-state index >= 15 is 0 Å². The minimum Gasteiger partial charge on any atom is -0.394 e. The van der Waals surface area contributed by atoms with E-state index in [1.807, 2.05) is 0 Å². The Hall–Kier alpha value is -0.320. The average molecular weight is 270 g/mol. The lowest BCUT2D eigenvalue weighted by molar-refractivity contribution is -0.243. The van der Waals surface area contributed by atoms with Crippen molar-refractivity contribution in [2.24, 2.45) is 0 Å². The number of aliphatic hydroxyl groups is 6. The summed E-state index contributed by atoms with van der Waals surface area (Å²) < 4.78 is 10.1. The molecule has 5 atom stereocenters. The Morgan fingerprint density at radius 2 is 1.56 bits per heavy atom. The molecule has 0 aromatic rings. The Balaban J connectivity index is 4.32. The van der Waals surface area contributed by atoms with Crippen LogP contribution < -0.4 is 0 Å². The second-order valence-corrected chi connectivity index (χ2v) is 3.89. The van der Waals surface area contributed by atoms with E-state index in [9.17, 15) is 10.2 Å². The SMILES string of the molecule is CC(O)[C@H](OCC(O)CO)OC(CO)[C@@H](O)CO. The number of hydrogen-bond donors (Lipinski definition) is 6. The maximum Gasteiger partial charge on any atom is 0.183 e. The molecule has 0 aromatic carbocycles. The monoisotopic (exact) mass is 270 g/mol. The minimum atomic E-state index is -1.32. The fourth-order valence-corrected chi connectivity index (χ4v) is 1.10. The van der Waals surface area contributed by atoms with Gasteiger partial charge in [0, 0.05) is 0 Å². The van der Waals surface area contributed by atoms with Gasteiger partial charge < -0.3 is 40.1 Å². The second-order valence-electron chi connectivity index (χ2n) is 3.89. The Kier molecular flexibility index (Phi) is 9.42. The molecule has 0 aliphatic rings. The Bertz CT molecular complexity index is 200. The third-order valence-electron chi connectivity index (χ3n) is 2.16. The van der Waals surface area contributed by atoms with Gasteiger partial charge in [0.2, 0.25) is 0 Å². The van der Waals surface area contributed by atoms with Crippen molar-refractivity contribution < 1.29 is 40.1 Å². The molecule has 0 aliphatic heterocycles. The molecule has 0 aromatic heterocycles. The van der Waals surface area contributed by atoms with E-state index in [2.05, 4.69) is 0 Å². The molecular weight excluding hydrogens is 248 g/mol. The van der Waals surface area contributed by atoms with Gasteiger partial charge in [-0.15, -0.1) is 0 Å². The topological polar surface area (TPSA) is 140 Å². The third kappa shape index (κ3) is 6.57. The van der Waals surface area contributed by atoms with Crippen LogP contribution in [-0.4, -0.2) is 87.8 Å². The van der Waals surface area contributed by atoms with Crippen molar-refractivity contribution in [1.82, 2.24) is 0 Å². The van der Waals surface area contributed by atoms with Gasteiger partial charge in [-0.2, -0.15) is 0 Å². The van der Waals surface area contributed by atoms with Crippen LogP contribution in [0, 0.1) is 0 Å². The molecular formula is C10H22O8. The zero-order valence-electron chi connectivity index (χ0n) is 10.2. The minimum absolute atomic E-state index is 0.278. The maximum absolute atomic E-state index is 9.38. The zero-order chi connectivity index (χ0) is 14.1. The summed E-state index contributed by atoms with van der Waals surface area (Å²) in [5, 5.41) is 54.1. The first-order valence-electron chi connectivity index (χ1n) is 5.60. The van der Waals surface area contributed by atoms with Crippen molar-refractivity contribution in [2.45, 2.75) is 37.6 Å². The van der Waals surface area contributed by atoms with Crippen molar-refractivity contribution in [2.75, 3.05) is 26.4 Å². The summed E-state index contributed by atoms with van der Waals surface area (Å²) in [6, 6.07) is 0. The Morgan fingerprint density at radius 1 is 0.944 bits per heavy atom. The molecule has 0 rings (SSSR count). The molecule has 18 heavy (non-hydrogen) atoms. The molecule has 0 saturated heterocycles. The van der Waals surface area contributed by atoms with Crippen molar-refractivity contribution in [1.29, 1.82) is 0 Å². The van der Waals surface area contributed by atoms with Gasteiger partial charge in [-0.3, -0.25) is 0 Å². The van der Waals surface area contributed by atoms with E-state index in [4.69, 9.17) is 29.9 Å². The van der Waals surface area contributed by atoms with E-state index in [0.717, 1.165) is 0 Å². The fraction of sp³-hybridized carbons (Fsp3) is 1.00. The van der Waals surface area contributed by atoms with E-state index in [-0.39, 0.29) is 6.61 Å². The van der Waals surface area contributed by atoms with Crippen molar-refractivity contribution >= 4 is 0 Å². The molecule has 6 N–H and O–H groups in total. The lowest BCUT2D eigenvalue weighted by Crippen LogP contribution is -2.43. The summed E-state index contributed by atoms with van der Waals surface area (Å²) in [6.45, 7) is -0.613. The third-order valence-corrected chi connectivity index (χ3v) is 2.16. The molecule has 0 amide bonds. The summed E-state index contributed by atoms with van der Waals surface area (Å²) in [4.78, 5) is 0. The molecule has 0 saturated carbocycles. The van der Waals surface area contributed by atoms with Gasteiger partial charge in [-0.1, -0.05) is 0 Å². The Labute approximate surface area is 105 Å². The molecule has 0 heterocycles. The van der Waals surface area contributed by atoms with Crippen molar-refractivity contribution in [3.63, 3.8) is 0 Å². The number of hydrogen-bond acceptors (Lipinski definition) is 8. The molecule has 8 nitrogen and oxygen atoms in total. The van der Waals surface area contributed by atoms with E-state index in [0.29, 0.717) is 0 Å². The lowest BCUT2D eigenvalue weighted by Gasteiger charge is -2.28. The predicted molar refractivity (Wildman–Crippen MR) is 59.6 cm³/mol. The average Bonchev–Trinajstić information content (AvgIpc) is 2.37. The van der Waals surface area contributed by atoms with Crippen LogP contribution in [0.25, 0.3) is 0 Å². The fourth-order valence-electron chi connectivity index (χ4n) is 1.10. The summed E-state index contributed by atoms with van der Waals surface area (Å²) in [6.07, 6.45) is -5.85. The van der Waals surface area contributed by atoms with Crippen molar-refractivity contribution in [3.8, 4) is 0 Å². The van der Waals surface area contributed by atoms with Crippen LogP contribution in [0.1, 0.15) is 6.92 Å². The highest BCUT2D eigenvalue weighted by Gasteiger charge is 2.26. The highest BCUT2D eigenvalue weighted by molar-refractivity contribution is 4.69. The van der Waals surface area contributed by atoms with E-state index in [1.165, 1.54) is 6.92 Å². The molecule has 0 bridgehead atoms.